The third-order valence-electron chi connectivity index (χ3n) is 2.45. The molecule has 0 aliphatic rings. The van der Waals surface area contributed by atoms with Crippen LogP contribution in [0, 0.1) is 0 Å². The van der Waals surface area contributed by atoms with E-state index in [1.165, 1.54) is 0 Å². The van der Waals surface area contributed by atoms with Crippen molar-refractivity contribution in [1.29, 1.82) is 0 Å². The van der Waals surface area contributed by atoms with E-state index in [2.05, 4.69) is 0 Å². The van der Waals surface area contributed by atoms with Crippen molar-refractivity contribution in [2.45, 2.75) is 0 Å². The molecule has 0 unspecified atom stereocenters. The van der Waals surface area contributed by atoms with Gasteiger partial charge in [-0.1, -0.05) is 77.8 Å². The van der Waals surface area contributed by atoms with Gasteiger partial charge in [-0.05, 0) is 29.3 Å². The topological polar surface area (TPSA) is 0 Å². The van der Waals surface area contributed by atoms with Gasteiger partial charge < -0.3 is 0 Å². The lowest BCUT2D eigenvalue weighted by molar-refractivity contribution is 1.64. The first-order valence-corrected chi connectivity index (χ1v) is 6.36. The van der Waals surface area contributed by atoms with Crippen LogP contribution in [-0.4, -0.2) is 0 Å². The van der Waals surface area contributed by atoms with Gasteiger partial charge in [-0.15, -0.1) is 0 Å². The highest BCUT2D eigenvalue weighted by molar-refractivity contribution is 6.48. The van der Waals surface area contributed by atoms with Gasteiger partial charge in [0, 0.05) is 10.1 Å². The molecule has 0 spiro atoms. The van der Waals surface area contributed by atoms with Gasteiger partial charge in [0.25, 0.3) is 0 Å². The lowest BCUT2D eigenvalue weighted by atomic mass is 10.2. The highest BCUT2D eigenvalue weighted by atomic mass is 35.5. The van der Waals surface area contributed by atoms with Crippen LogP contribution in [0.1, 0.15) is 11.1 Å². The molecule has 90 valence electrons. The second-order valence-electron chi connectivity index (χ2n) is 3.79. The Balaban J connectivity index is 2.08. The van der Waals surface area contributed by atoms with Gasteiger partial charge in [0.2, 0.25) is 0 Å². The summed E-state index contributed by atoms with van der Waals surface area (Å²) in [5.41, 5.74) is 2.10. The predicted molar refractivity (Wildman–Crippen MR) is 80.8 cm³/mol. The smallest absolute Gasteiger partial charge is 0.0478 e. The van der Waals surface area contributed by atoms with E-state index in [0.29, 0.717) is 0 Å². The van der Waals surface area contributed by atoms with Crippen molar-refractivity contribution in [1.82, 2.24) is 0 Å². The van der Waals surface area contributed by atoms with Crippen LogP contribution in [0.4, 0.5) is 0 Å². The van der Waals surface area contributed by atoms with Crippen LogP contribution in [0.3, 0.4) is 0 Å². The quantitative estimate of drug-likeness (QED) is 0.636. The van der Waals surface area contributed by atoms with E-state index in [9.17, 15) is 0 Å². The lowest BCUT2D eigenvalue weighted by Gasteiger charge is -1.96. The van der Waals surface area contributed by atoms with Gasteiger partial charge in [0.1, 0.15) is 0 Å². The summed E-state index contributed by atoms with van der Waals surface area (Å²) in [6.45, 7) is 0. The van der Waals surface area contributed by atoms with Gasteiger partial charge in [-0.25, -0.2) is 0 Å². The summed E-state index contributed by atoms with van der Waals surface area (Å²) in [4.78, 5) is 0. The third-order valence-corrected chi connectivity index (χ3v) is 3.05. The summed E-state index contributed by atoms with van der Waals surface area (Å²) in [5.74, 6) is 0. The zero-order valence-electron chi connectivity index (χ0n) is 9.68. The molecule has 0 aliphatic carbocycles. The summed E-state index contributed by atoms with van der Waals surface area (Å²) in [6.07, 6.45) is 5.80. The molecule has 0 aromatic heterocycles. The number of hydrogen-bond donors (Lipinski definition) is 0. The molecule has 0 saturated carbocycles. The molecule has 0 bridgehead atoms. The molecule has 0 radical (unpaired) electrons. The molecule has 0 aliphatic heterocycles. The standard InChI is InChI=1S/C16H12Cl2/c17-15-11-9-13(10-12-15)5-4-8-16(18)14-6-2-1-3-7-14/h1-12H/b5-4+,16-8-. The molecule has 0 amide bonds. The normalized spacial score (nSPS) is 12.0. The Bertz CT molecular complexity index is 551. The van der Waals surface area contributed by atoms with Gasteiger partial charge >= 0.3 is 0 Å². The maximum atomic E-state index is 6.19. The van der Waals surface area contributed by atoms with Crippen LogP contribution in [0.15, 0.2) is 66.7 Å². The zero-order valence-corrected chi connectivity index (χ0v) is 11.2. The first-order chi connectivity index (χ1) is 8.75. The molecule has 0 heterocycles. The van der Waals surface area contributed by atoms with E-state index in [0.717, 1.165) is 21.2 Å². The molecule has 18 heavy (non-hydrogen) atoms. The molecule has 2 aromatic carbocycles. The van der Waals surface area contributed by atoms with Crippen molar-refractivity contribution >= 4 is 34.3 Å². The van der Waals surface area contributed by atoms with Crippen molar-refractivity contribution in [2.75, 3.05) is 0 Å². The van der Waals surface area contributed by atoms with E-state index in [1.807, 2.05) is 72.8 Å². The Morgan fingerprint density at radius 3 is 2.22 bits per heavy atom. The van der Waals surface area contributed by atoms with Crippen LogP contribution < -0.4 is 0 Å². The molecule has 2 heteroatoms. The molecular formula is C16H12Cl2. The molecule has 0 fully saturated rings. The Morgan fingerprint density at radius 2 is 1.56 bits per heavy atom. The van der Waals surface area contributed by atoms with Crippen LogP contribution in [-0.2, 0) is 0 Å². The van der Waals surface area contributed by atoms with Crippen molar-refractivity contribution in [2.24, 2.45) is 0 Å². The highest BCUT2D eigenvalue weighted by Crippen LogP contribution is 2.18. The van der Waals surface area contributed by atoms with E-state index >= 15 is 0 Å². The van der Waals surface area contributed by atoms with Gasteiger partial charge in [-0.2, -0.15) is 0 Å². The Hall–Kier alpha value is -1.50. The van der Waals surface area contributed by atoms with E-state index in [-0.39, 0.29) is 0 Å². The number of hydrogen-bond acceptors (Lipinski definition) is 0. The molecule has 2 rings (SSSR count). The molecule has 0 saturated heterocycles. The average Bonchev–Trinajstić information content (AvgIpc) is 2.42. The van der Waals surface area contributed by atoms with Gasteiger partial charge in [-0.3, -0.25) is 0 Å². The fraction of sp³-hybridized carbons (Fsp3) is 0. The van der Waals surface area contributed by atoms with Gasteiger partial charge in [0.15, 0.2) is 0 Å². The third kappa shape index (κ3) is 3.76. The second kappa shape index (κ2) is 6.44. The maximum absolute atomic E-state index is 6.19. The summed E-state index contributed by atoms with van der Waals surface area (Å²) in [6, 6.07) is 17.5. The fourth-order valence-corrected chi connectivity index (χ4v) is 1.84. The number of halogens is 2. The fourth-order valence-electron chi connectivity index (χ4n) is 1.51. The highest BCUT2D eigenvalue weighted by Gasteiger charge is 1.93. The minimum absolute atomic E-state index is 0.723. The number of rotatable bonds is 3. The first kappa shape index (κ1) is 12.9. The monoisotopic (exact) mass is 274 g/mol. The number of benzene rings is 2. The number of allylic oxidation sites excluding steroid dienone is 2. The van der Waals surface area contributed by atoms with Crippen molar-refractivity contribution in [3.8, 4) is 0 Å². The Morgan fingerprint density at radius 1 is 0.889 bits per heavy atom. The first-order valence-electron chi connectivity index (χ1n) is 5.60. The largest absolute Gasteiger partial charge is 0.0843 e. The molecule has 2 aromatic rings. The summed E-state index contributed by atoms with van der Waals surface area (Å²) in [7, 11) is 0. The lowest BCUT2D eigenvalue weighted by Crippen LogP contribution is -1.74. The SMILES string of the molecule is Cl/C(=C\C=C\c1ccc(Cl)cc1)c1ccccc1. The van der Waals surface area contributed by atoms with Crippen LogP contribution in [0.5, 0.6) is 0 Å². The summed E-state index contributed by atoms with van der Waals surface area (Å²) >= 11 is 12.0. The van der Waals surface area contributed by atoms with Crippen molar-refractivity contribution in [3.05, 3.63) is 82.9 Å². The molecule has 0 atom stereocenters. The summed E-state index contributed by atoms with van der Waals surface area (Å²) < 4.78 is 0. The van der Waals surface area contributed by atoms with Crippen LogP contribution in [0.25, 0.3) is 11.1 Å². The van der Waals surface area contributed by atoms with Crippen molar-refractivity contribution < 1.29 is 0 Å². The Labute approximate surface area is 117 Å². The maximum Gasteiger partial charge on any atom is 0.0478 e. The minimum atomic E-state index is 0.723. The van der Waals surface area contributed by atoms with Crippen molar-refractivity contribution in [3.63, 3.8) is 0 Å². The van der Waals surface area contributed by atoms with E-state index in [4.69, 9.17) is 23.2 Å². The van der Waals surface area contributed by atoms with E-state index < -0.39 is 0 Å². The zero-order chi connectivity index (χ0) is 12.8. The average molecular weight is 275 g/mol. The van der Waals surface area contributed by atoms with Gasteiger partial charge in [0.05, 0.1) is 0 Å². The van der Waals surface area contributed by atoms with E-state index in [1.54, 1.807) is 0 Å². The predicted octanol–water partition coefficient (Wildman–Crippen LogP) is 5.63. The van der Waals surface area contributed by atoms with Crippen LogP contribution in [0.2, 0.25) is 5.02 Å². The van der Waals surface area contributed by atoms with Crippen LogP contribution >= 0.6 is 23.2 Å². The molecule has 0 nitrogen and oxygen atoms in total. The Kier molecular flexibility index (Phi) is 4.63. The molecule has 0 N–H and O–H groups in total. The second-order valence-corrected chi connectivity index (χ2v) is 4.63. The minimum Gasteiger partial charge on any atom is -0.0843 e. The molecular weight excluding hydrogens is 263 g/mol. The summed E-state index contributed by atoms with van der Waals surface area (Å²) in [5, 5.41) is 1.46.